The molecule has 1 heteroatoms. The van der Waals surface area contributed by atoms with Crippen LogP contribution in [-0.2, 0) is 10.8 Å². The third kappa shape index (κ3) is 2.82. The maximum absolute atomic E-state index is 2.49. The molecule has 0 N–H and O–H groups in total. The van der Waals surface area contributed by atoms with Gasteiger partial charge in [-0.25, -0.2) is 0 Å². The molecule has 5 rings (SSSR count). The van der Waals surface area contributed by atoms with Crippen molar-refractivity contribution >= 4 is 11.8 Å². The lowest BCUT2D eigenvalue weighted by molar-refractivity contribution is 0.589. The van der Waals surface area contributed by atoms with Gasteiger partial charge in [0.05, 0.1) is 5.41 Å². The first-order valence-electron chi connectivity index (χ1n) is 11.0. The van der Waals surface area contributed by atoms with E-state index >= 15 is 0 Å². The van der Waals surface area contributed by atoms with Crippen molar-refractivity contribution in [3.8, 4) is 11.1 Å². The fourth-order valence-electron chi connectivity index (χ4n) is 5.17. The Hall–Kier alpha value is -2.25. The van der Waals surface area contributed by atoms with E-state index in [1.807, 2.05) is 11.8 Å². The van der Waals surface area contributed by atoms with Crippen molar-refractivity contribution in [3.05, 3.63) is 105 Å². The van der Waals surface area contributed by atoms with Crippen LogP contribution in [0, 0.1) is 13.8 Å². The monoisotopic (exact) mass is 410 g/mol. The second-order valence-electron chi connectivity index (χ2n) is 9.88. The molecule has 0 atom stereocenters. The van der Waals surface area contributed by atoms with E-state index in [1.165, 1.54) is 55.2 Å². The molecule has 30 heavy (non-hydrogen) atoms. The Morgan fingerprint density at radius 2 is 1.33 bits per heavy atom. The van der Waals surface area contributed by atoms with Crippen molar-refractivity contribution in [1.29, 1.82) is 0 Å². The van der Waals surface area contributed by atoms with Gasteiger partial charge in [-0.1, -0.05) is 98.6 Å². The Balaban J connectivity index is 1.86. The second kappa shape index (κ2) is 6.89. The van der Waals surface area contributed by atoms with Crippen LogP contribution in [0.15, 0.2) is 71.6 Å². The minimum absolute atomic E-state index is 0.158. The molecule has 0 spiro atoms. The zero-order valence-electron chi connectivity index (χ0n) is 18.7. The largest absolute Gasteiger partial charge is 0.129 e. The van der Waals surface area contributed by atoms with Crippen molar-refractivity contribution in [2.24, 2.45) is 0 Å². The molecule has 152 valence electrons. The number of rotatable bonds is 2. The molecule has 0 saturated carbocycles. The van der Waals surface area contributed by atoms with Gasteiger partial charge in [-0.05, 0) is 59.1 Å². The molecule has 0 fully saturated rings. The Bertz CT molecular complexity index is 1100. The van der Waals surface area contributed by atoms with E-state index < -0.39 is 0 Å². The van der Waals surface area contributed by atoms with Crippen LogP contribution in [0.2, 0.25) is 0 Å². The number of benzene rings is 3. The highest BCUT2D eigenvalue weighted by atomic mass is 32.2. The van der Waals surface area contributed by atoms with Crippen LogP contribution >= 0.6 is 11.8 Å². The lowest BCUT2D eigenvalue weighted by Gasteiger charge is -2.35. The van der Waals surface area contributed by atoms with E-state index in [0.717, 1.165) is 6.42 Å². The van der Waals surface area contributed by atoms with Gasteiger partial charge in [0.25, 0.3) is 0 Å². The van der Waals surface area contributed by atoms with Crippen LogP contribution < -0.4 is 0 Å². The molecule has 0 amide bonds. The summed E-state index contributed by atoms with van der Waals surface area (Å²) in [5, 5.41) is 0. The highest BCUT2D eigenvalue weighted by molar-refractivity contribution is 8.03. The summed E-state index contributed by atoms with van der Waals surface area (Å²) in [5.74, 6) is 1.18. The number of thioether (sulfide) groups is 1. The topological polar surface area (TPSA) is 0 Å². The van der Waals surface area contributed by atoms with Crippen molar-refractivity contribution < 1.29 is 0 Å². The van der Waals surface area contributed by atoms with Gasteiger partial charge in [0.1, 0.15) is 0 Å². The van der Waals surface area contributed by atoms with Gasteiger partial charge >= 0.3 is 0 Å². The van der Waals surface area contributed by atoms with Crippen LogP contribution in [-0.4, -0.2) is 5.75 Å². The Kier molecular flexibility index (Phi) is 4.52. The van der Waals surface area contributed by atoms with Crippen LogP contribution in [0.25, 0.3) is 11.1 Å². The van der Waals surface area contributed by atoms with Crippen LogP contribution in [0.4, 0.5) is 0 Å². The van der Waals surface area contributed by atoms with E-state index in [4.69, 9.17) is 0 Å². The van der Waals surface area contributed by atoms with Crippen LogP contribution in [0.1, 0.15) is 60.6 Å². The molecule has 1 heterocycles. The first kappa shape index (κ1) is 19.7. The van der Waals surface area contributed by atoms with Gasteiger partial charge in [-0.2, -0.15) is 0 Å². The maximum atomic E-state index is 2.49. The zero-order valence-corrected chi connectivity index (χ0v) is 19.5. The number of hydrogen-bond donors (Lipinski definition) is 0. The van der Waals surface area contributed by atoms with Gasteiger partial charge < -0.3 is 0 Å². The molecule has 0 unspecified atom stereocenters. The Morgan fingerprint density at radius 3 is 1.80 bits per heavy atom. The molecule has 1 aliphatic heterocycles. The quantitative estimate of drug-likeness (QED) is 0.413. The summed E-state index contributed by atoms with van der Waals surface area (Å²) in [6, 6.07) is 23.5. The van der Waals surface area contributed by atoms with E-state index in [-0.39, 0.29) is 10.8 Å². The van der Waals surface area contributed by atoms with Crippen molar-refractivity contribution in [2.45, 2.75) is 51.9 Å². The zero-order chi connectivity index (χ0) is 21.1. The molecule has 0 bridgehead atoms. The minimum Gasteiger partial charge on any atom is -0.129 e. The van der Waals surface area contributed by atoms with Gasteiger partial charge in [0, 0.05) is 10.7 Å². The Morgan fingerprint density at radius 1 is 0.767 bits per heavy atom. The SMILES string of the molecule is Cc1ccc2c(c1)C(C1=CCCS1)(c1ccc(C(C)(C)C)cc1)c1cc(C)ccc1-2. The number of aryl methyl sites for hydroxylation is 2. The lowest BCUT2D eigenvalue weighted by Crippen LogP contribution is -2.28. The highest BCUT2D eigenvalue weighted by Crippen LogP contribution is 2.60. The number of hydrogen-bond acceptors (Lipinski definition) is 1. The maximum Gasteiger partial charge on any atom is 0.0769 e. The smallest absolute Gasteiger partial charge is 0.0769 e. The van der Waals surface area contributed by atoms with Crippen molar-refractivity contribution in [2.75, 3.05) is 5.75 Å². The average molecular weight is 411 g/mol. The molecule has 0 saturated heterocycles. The molecular formula is C29H30S. The number of fused-ring (bicyclic) bond motifs is 3. The first-order valence-corrected chi connectivity index (χ1v) is 12.0. The summed E-state index contributed by atoms with van der Waals surface area (Å²) in [5.41, 5.74) is 11.1. The average Bonchev–Trinajstić information content (AvgIpc) is 3.32. The summed E-state index contributed by atoms with van der Waals surface area (Å²) < 4.78 is 0. The number of allylic oxidation sites excluding steroid dienone is 2. The van der Waals surface area contributed by atoms with Crippen LogP contribution in [0.5, 0.6) is 0 Å². The molecule has 0 aromatic heterocycles. The van der Waals surface area contributed by atoms with Gasteiger partial charge in [-0.15, -0.1) is 11.8 Å². The fourth-order valence-corrected chi connectivity index (χ4v) is 6.42. The Labute approximate surface area is 185 Å². The van der Waals surface area contributed by atoms with Gasteiger partial charge in [0.15, 0.2) is 0 Å². The second-order valence-corrected chi connectivity index (χ2v) is 11.0. The van der Waals surface area contributed by atoms with E-state index in [9.17, 15) is 0 Å². The minimum atomic E-state index is -0.194. The molecular weight excluding hydrogens is 380 g/mol. The molecule has 2 aliphatic rings. The summed E-state index contributed by atoms with van der Waals surface area (Å²) in [4.78, 5) is 1.50. The summed E-state index contributed by atoms with van der Waals surface area (Å²) >= 11 is 2.04. The molecule has 1 aliphatic carbocycles. The molecule has 3 aromatic rings. The van der Waals surface area contributed by atoms with E-state index in [2.05, 4.69) is 101 Å². The standard InChI is InChI=1S/C29H30S/c1-19-8-14-23-24-15-9-20(2)18-26(24)29(25(23)17-19,27-7-6-16-30-27)22-12-10-21(11-13-22)28(3,4)5/h7-15,17-18H,6,16H2,1-5H3. The van der Waals surface area contributed by atoms with Gasteiger partial charge in [0.2, 0.25) is 0 Å². The predicted octanol–water partition coefficient (Wildman–Crippen LogP) is 7.94. The summed E-state index contributed by atoms with van der Waals surface area (Å²) in [6.07, 6.45) is 3.65. The van der Waals surface area contributed by atoms with Gasteiger partial charge in [-0.3, -0.25) is 0 Å². The van der Waals surface area contributed by atoms with E-state index in [0.29, 0.717) is 0 Å². The third-order valence-corrected chi connectivity index (χ3v) is 7.93. The van der Waals surface area contributed by atoms with Crippen molar-refractivity contribution in [1.82, 2.24) is 0 Å². The fraction of sp³-hybridized carbons (Fsp3) is 0.310. The summed E-state index contributed by atoms with van der Waals surface area (Å²) in [6.45, 7) is 11.3. The lowest BCUT2D eigenvalue weighted by atomic mass is 9.70. The normalized spacial score (nSPS) is 16.9. The van der Waals surface area contributed by atoms with E-state index in [1.54, 1.807) is 0 Å². The third-order valence-electron chi connectivity index (χ3n) is 6.71. The summed E-state index contributed by atoms with van der Waals surface area (Å²) in [7, 11) is 0. The van der Waals surface area contributed by atoms with Crippen molar-refractivity contribution in [3.63, 3.8) is 0 Å². The highest BCUT2D eigenvalue weighted by Gasteiger charge is 2.48. The first-order chi connectivity index (χ1) is 14.3. The molecule has 0 radical (unpaired) electrons. The predicted molar refractivity (Wildman–Crippen MR) is 132 cm³/mol. The van der Waals surface area contributed by atoms with Crippen LogP contribution in [0.3, 0.4) is 0 Å². The molecule has 3 aromatic carbocycles. The molecule has 0 nitrogen and oxygen atoms in total.